The summed E-state index contributed by atoms with van der Waals surface area (Å²) in [5.74, 6) is 1.09. The van der Waals surface area contributed by atoms with Crippen molar-refractivity contribution in [2.45, 2.75) is 58.6 Å². The summed E-state index contributed by atoms with van der Waals surface area (Å²) in [5, 5.41) is 3.11. The molecule has 3 rings (SSSR count). The fourth-order valence-electron chi connectivity index (χ4n) is 3.79. The highest BCUT2D eigenvalue weighted by Crippen LogP contribution is 2.22. The van der Waals surface area contributed by atoms with Crippen LogP contribution in [0.25, 0.3) is 0 Å². The van der Waals surface area contributed by atoms with Gasteiger partial charge in [-0.25, -0.2) is 0 Å². The largest absolute Gasteiger partial charge is 0.481 e. The zero-order valence-corrected chi connectivity index (χ0v) is 18.4. The molecular weight excluding hydrogens is 376 g/mol. The molecule has 1 heterocycles. The SMILES string of the molecule is Cc1ccccc1C(=O)NC1CCN(C(=O)C(C)Oc2cccc(C(C)C)c2)CC1. The van der Waals surface area contributed by atoms with Crippen molar-refractivity contribution in [1.29, 1.82) is 0 Å². The maximum atomic E-state index is 12.8. The molecule has 160 valence electrons. The molecule has 1 saturated heterocycles. The molecule has 30 heavy (non-hydrogen) atoms. The second-order valence-electron chi connectivity index (χ2n) is 8.38. The number of carbonyl (C=O) groups excluding carboxylic acids is 2. The van der Waals surface area contributed by atoms with E-state index in [1.54, 1.807) is 6.92 Å². The van der Waals surface area contributed by atoms with Crippen molar-refractivity contribution in [3.63, 3.8) is 0 Å². The van der Waals surface area contributed by atoms with E-state index >= 15 is 0 Å². The summed E-state index contributed by atoms with van der Waals surface area (Å²) >= 11 is 0. The van der Waals surface area contributed by atoms with Crippen molar-refractivity contribution < 1.29 is 14.3 Å². The molecule has 0 saturated carbocycles. The number of amides is 2. The van der Waals surface area contributed by atoms with Gasteiger partial charge in [-0.15, -0.1) is 0 Å². The van der Waals surface area contributed by atoms with Gasteiger partial charge in [0.15, 0.2) is 6.10 Å². The van der Waals surface area contributed by atoms with Gasteiger partial charge >= 0.3 is 0 Å². The fraction of sp³-hybridized carbons (Fsp3) is 0.440. The minimum absolute atomic E-state index is 0.00590. The Balaban J connectivity index is 1.50. The van der Waals surface area contributed by atoms with Gasteiger partial charge in [0, 0.05) is 24.7 Å². The van der Waals surface area contributed by atoms with Crippen molar-refractivity contribution in [2.75, 3.05) is 13.1 Å². The summed E-state index contributed by atoms with van der Waals surface area (Å²) in [6.45, 7) is 9.25. The zero-order valence-electron chi connectivity index (χ0n) is 18.4. The van der Waals surface area contributed by atoms with E-state index in [-0.39, 0.29) is 17.9 Å². The van der Waals surface area contributed by atoms with Crippen LogP contribution in [0.15, 0.2) is 48.5 Å². The van der Waals surface area contributed by atoms with E-state index in [9.17, 15) is 9.59 Å². The molecule has 1 unspecified atom stereocenters. The van der Waals surface area contributed by atoms with Gasteiger partial charge < -0.3 is 15.0 Å². The van der Waals surface area contributed by atoms with Crippen LogP contribution >= 0.6 is 0 Å². The van der Waals surface area contributed by atoms with E-state index in [0.717, 1.165) is 24.2 Å². The standard InChI is InChI=1S/C25H32N2O3/c1-17(2)20-9-7-10-22(16-20)30-19(4)25(29)27-14-12-21(13-15-27)26-24(28)23-11-6-5-8-18(23)3/h5-11,16-17,19,21H,12-15H2,1-4H3,(H,26,28). The lowest BCUT2D eigenvalue weighted by Crippen LogP contribution is -2.49. The van der Waals surface area contributed by atoms with Crippen molar-refractivity contribution in [2.24, 2.45) is 0 Å². The number of aryl methyl sites for hydroxylation is 1. The summed E-state index contributed by atoms with van der Waals surface area (Å²) in [5.41, 5.74) is 2.87. The second-order valence-corrected chi connectivity index (χ2v) is 8.38. The lowest BCUT2D eigenvalue weighted by atomic mass is 10.0. The Morgan fingerprint density at radius 2 is 1.73 bits per heavy atom. The first-order valence-corrected chi connectivity index (χ1v) is 10.8. The van der Waals surface area contributed by atoms with Crippen molar-refractivity contribution in [3.05, 3.63) is 65.2 Å². The van der Waals surface area contributed by atoms with Gasteiger partial charge in [0.05, 0.1) is 0 Å². The number of hydrogen-bond donors (Lipinski definition) is 1. The van der Waals surface area contributed by atoms with Crippen LogP contribution in [0.1, 0.15) is 61.0 Å². The van der Waals surface area contributed by atoms with Gasteiger partial charge in [-0.3, -0.25) is 9.59 Å². The van der Waals surface area contributed by atoms with Crippen LogP contribution in [0, 0.1) is 6.92 Å². The molecule has 1 aliphatic heterocycles. The molecule has 1 fully saturated rings. The maximum Gasteiger partial charge on any atom is 0.263 e. The summed E-state index contributed by atoms with van der Waals surface area (Å²) in [4.78, 5) is 27.2. The van der Waals surface area contributed by atoms with E-state index in [1.165, 1.54) is 5.56 Å². The molecule has 1 N–H and O–H groups in total. The summed E-state index contributed by atoms with van der Waals surface area (Å²) in [6, 6.07) is 15.6. The summed E-state index contributed by atoms with van der Waals surface area (Å²) < 4.78 is 5.92. The highest BCUT2D eigenvalue weighted by atomic mass is 16.5. The molecule has 1 atom stereocenters. The number of piperidine rings is 1. The molecule has 0 aromatic heterocycles. The van der Waals surface area contributed by atoms with E-state index in [1.807, 2.05) is 54.3 Å². The van der Waals surface area contributed by atoms with Crippen LogP contribution in [-0.4, -0.2) is 41.9 Å². The first-order valence-electron chi connectivity index (χ1n) is 10.8. The third-order valence-corrected chi connectivity index (χ3v) is 5.72. The van der Waals surface area contributed by atoms with Crippen molar-refractivity contribution in [1.82, 2.24) is 10.2 Å². The van der Waals surface area contributed by atoms with Crippen LogP contribution in [0.4, 0.5) is 0 Å². The van der Waals surface area contributed by atoms with Gasteiger partial charge in [0.1, 0.15) is 5.75 Å². The lowest BCUT2D eigenvalue weighted by Gasteiger charge is -2.34. The Bertz CT molecular complexity index is 885. The molecule has 0 bridgehead atoms. The highest BCUT2D eigenvalue weighted by molar-refractivity contribution is 5.95. The predicted octanol–water partition coefficient (Wildman–Crippen LogP) is 4.31. The molecule has 0 aliphatic carbocycles. The van der Waals surface area contributed by atoms with Gasteiger partial charge in [-0.2, -0.15) is 0 Å². The Morgan fingerprint density at radius 3 is 2.40 bits per heavy atom. The number of rotatable bonds is 6. The van der Waals surface area contributed by atoms with Gasteiger partial charge in [-0.05, 0) is 61.9 Å². The van der Waals surface area contributed by atoms with Gasteiger partial charge in [0.2, 0.25) is 0 Å². The molecule has 1 aliphatic rings. The molecule has 2 amide bonds. The molecule has 5 nitrogen and oxygen atoms in total. The van der Waals surface area contributed by atoms with Gasteiger partial charge in [-0.1, -0.05) is 44.2 Å². The molecule has 2 aromatic rings. The average molecular weight is 409 g/mol. The minimum Gasteiger partial charge on any atom is -0.481 e. The minimum atomic E-state index is -0.537. The first kappa shape index (κ1) is 21.9. The molecule has 0 spiro atoms. The monoisotopic (exact) mass is 408 g/mol. The average Bonchev–Trinajstić information content (AvgIpc) is 2.74. The van der Waals surface area contributed by atoms with E-state index in [4.69, 9.17) is 4.74 Å². The number of nitrogens with zero attached hydrogens (tertiary/aromatic N) is 1. The number of ether oxygens (including phenoxy) is 1. The predicted molar refractivity (Wildman–Crippen MR) is 119 cm³/mol. The third-order valence-electron chi connectivity index (χ3n) is 5.72. The summed E-state index contributed by atoms with van der Waals surface area (Å²) in [6.07, 6.45) is 0.961. The number of nitrogens with one attached hydrogen (secondary N) is 1. The van der Waals surface area contributed by atoms with Crippen molar-refractivity contribution in [3.8, 4) is 5.75 Å². The number of benzene rings is 2. The van der Waals surface area contributed by atoms with Crippen LogP contribution in [-0.2, 0) is 4.79 Å². The number of likely N-dealkylation sites (tertiary alicyclic amines) is 1. The highest BCUT2D eigenvalue weighted by Gasteiger charge is 2.28. The number of carbonyl (C=O) groups is 2. The Morgan fingerprint density at radius 1 is 1.03 bits per heavy atom. The molecule has 5 heteroatoms. The van der Waals surface area contributed by atoms with E-state index in [0.29, 0.717) is 24.6 Å². The third kappa shape index (κ3) is 5.41. The molecular formula is C25H32N2O3. The summed E-state index contributed by atoms with van der Waals surface area (Å²) in [7, 11) is 0. The second kappa shape index (κ2) is 9.79. The molecule has 2 aromatic carbocycles. The quantitative estimate of drug-likeness (QED) is 0.775. The van der Waals surface area contributed by atoms with Crippen LogP contribution in [0.2, 0.25) is 0 Å². The van der Waals surface area contributed by atoms with E-state index in [2.05, 4.69) is 25.2 Å². The van der Waals surface area contributed by atoms with Crippen molar-refractivity contribution >= 4 is 11.8 Å². The maximum absolute atomic E-state index is 12.8. The van der Waals surface area contributed by atoms with Gasteiger partial charge in [0.25, 0.3) is 11.8 Å². The smallest absolute Gasteiger partial charge is 0.263 e. The fourth-order valence-corrected chi connectivity index (χ4v) is 3.79. The Labute approximate surface area is 179 Å². The normalized spacial score (nSPS) is 15.7. The Hall–Kier alpha value is -2.82. The van der Waals surface area contributed by atoms with Crippen LogP contribution in [0.5, 0.6) is 5.75 Å². The van der Waals surface area contributed by atoms with Crippen LogP contribution in [0.3, 0.4) is 0 Å². The van der Waals surface area contributed by atoms with E-state index < -0.39 is 6.10 Å². The molecule has 0 radical (unpaired) electrons. The van der Waals surface area contributed by atoms with Crippen LogP contribution < -0.4 is 10.1 Å². The topological polar surface area (TPSA) is 58.6 Å². The number of hydrogen-bond acceptors (Lipinski definition) is 3. The lowest BCUT2D eigenvalue weighted by molar-refractivity contribution is -0.139. The zero-order chi connectivity index (χ0) is 21.7. The first-order chi connectivity index (χ1) is 14.3. The Kier molecular flexibility index (Phi) is 7.14.